The SMILES string of the molecule is O=C(Cc1ccc2c(c1)CC(=O)N2)Nc1cccc(Cl)c1. The molecule has 2 aromatic rings. The van der Waals surface area contributed by atoms with Crippen LogP contribution in [0.5, 0.6) is 0 Å². The number of hydrogen-bond donors (Lipinski definition) is 2. The lowest BCUT2D eigenvalue weighted by atomic mass is 10.1. The van der Waals surface area contributed by atoms with Crippen LogP contribution in [0, 0.1) is 0 Å². The number of anilines is 2. The van der Waals surface area contributed by atoms with Crippen molar-refractivity contribution in [3.63, 3.8) is 0 Å². The summed E-state index contributed by atoms with van der Waals surface area (Å²) in [4.78, 5) is 23.3. The lowest BCUT2D eigenvalue weighted by Gasteiger charge is -2.07. The molecule has 2 amide bonds. The highest BCUT2D eigenvalue weighted by atomic mass is 35.5. The van der Waals surface area contributed by atoms with Gasteiger partial charge in [0.05, 0.1) is 12.8 Å². The van der Waals surface area contributed by atoms with Gasteiger partial charge in [-0.3, -0.25) is 9.59 Å². The molecule has 2 N–H and O–H groups in total. The van der Waals surface area contributed by atoms with E-state index in [4.69, 9.17) is 11.6 Å². The molecule has 0 atom stereocenters. The van der Waals surface area contributed by atoms with E-state index in [1.807, 2.05) is 18.2 Å². The largest absolute Gasteiger partial charge is 0.326 e. The molecule has 0 saturated heterocycles. The fourth-order valence-corrected chi connectivity index (χ4v) is 2.54. The van der Waals surface area contributed by atoms with Gasteiger partial charge in [-0.2, -0.15) is 0 Å². The van der Waals surface area contributed by atoms with Crippen molar-refractivity contribution >= 4 is 34.8 Å². The molecule has 0 spiro atoms. The first-order chi connectivity index (χ1) is 10.1. The quantitative estimate of drug-likeness (QED) is 0.915. The van der Waals surface area contributed by atoms with Gasteiger partial charge < -0.3 is 10.6 Å². The van der Waals surface area contributed by atoms with Crippen LogP contribution in [0.15, 0.2) is 42.5 Å². The zero-order chi connectivity index (χ0) is 14.8. The van der Waals surface area contributed by atoms with Crippen molar-refractivity contribution in [2.45, 2.75) is 12.8 Å². The Morgan fingerprint density at radius 1 is 1.24 bits per heavy atom. The van der Waals surface area contributed by atoms with E-state index in [2.05, 4.69) is 10.6 Å². The molecular formula is C16H13ClN2O2. The average Bonchev–Trinajstić information content (AvgIpc) is 2.78. The number of fused-ring (bicyclic) bond motifs is 1. The Hall–Kier alpha value is -2.33. The Balaban J connectivity index is 1.68. The van der Waals surface area contributed by atoms with E-state index >= 15 is 0 Å². The van der Waals surface area contributed by atoms with E-state index in [9.17, 15) is 9.59 Å². The Morgan fingerprint density at radius 3 is 2.90 bits per heavy atom. The van der Waals surface area contributed by atoms with E-state index in [-0.39, 0.29) is 18.2 Å². The molecule has 0 bridgehead atoms. The second kappa shape index (κ2) is 5.58. The third kappa shape index (κ3) is 3.23. The number of amides is 2. The highest BCUT2D eigenvalue weighted by Crippen LogP contribution is 2.24. The predicted molar refractivity (Wildman–Crippen MR) is 82.6 cm³/mol. The molecule has 0 aromatic heterocycles. The Labute approximate surface area is 127 Å². The van der Waals surface area contributed by atoms with E-state index < -0.39 is 0 Å². The van der Waals surface area contributed by atoms with Crippen molar-refractivity contribution in [2.24, 2.45) is 0 Å². The number of carbonyl (C=O) groups is 2. The Bertz CT molecular complexity index is 728. The van der Waals surface area contributed by atoms with Crippen LogP contribution in [-0.4, -0.2) is 11.8 Å². The van der Waals surface area contributed by atoms with Crippen LogP contribution in [-0.2, 0) is 22.4 Å². The second-order valence-corrected chi connectivity index (χ2v) is 5.39. The molecule has 106 valence electrons. The maximum absolute atomic E-state index is 12.0. The topological polar surface area (TPSA) is 58.2 Å². The summed E-state index contributed by atoms with van der Waals surface area (Å²) in [5.41, 5.74) is 3.32. The molecule has 0 unspecified atom stereocenters. The number of carbonyl (C=O) groups excluding carboxylic acids is 2. The molecule has 1 heterocycles. The van der Waals surface area contributed by atoms with Gasteiger partial charge in [-0.15, -0.1) is 0 Å². The van der Waals surface area contributed by atoms with Crippen molar-refractivity contribution in [1.82, 2.24) is 0 Å². The molecule has 4 nitrogen and oxygen atoms in total. The Morgan fingerprint density at radius 2 is 2.10 bits per heavy atom. The van der Waals surface area contributed by atoms with E-state index in [1.165, 1.54) is 0 Å². The molecule has 1 aliphatic rings. The summed E-state index contributed by atoms with van der Waals surface area (Å²) in [5, 5.41) is 6.15. The van der Waals surface area contributed by atoms with Crippen LogP contribution in [0.4, 0.5) is 11.4 Å². The molecule has 21 heavy (non-hydrogen) atoms. The Kier molecular flexibility index (Phi) is 3.62. The monoisotopic (exact) mass is 300 g/mol. The van der Waals surface area contributed by atoms with Crippen molar-refractivity contribution in [1.29, 1.82) is 0 Å². The summed E-state index contributed by atoms with van der Waals surface area (Å²) in [6, 6.07) is 12.6. The fraction of sp³-hybridized carbons (Fsp3) is 0.125. The van der Waals surface area contributed by atoms with Gasteiger partial charge in [0, 0.05) is 16.4 Å². The molecule has 0 saturated carbocycles. The van der Waals surface area contributed by atoms with Crippen molar-refractivity contribution in [3.8, 4) is 0 Å². The lowest BCUT2D eigenvalue weighted by Crippen LogP contribution is -2.14. The van der Waals surface area contributed by atoms with Crippen LogP contribution in [0.25, 0.3) is 0 Å². The molecule has 0 fully saturated rings. The van der Waals surface area contributed by atoms with Gasteiger partial charge in [-0.25, -0.2) is 0 Å². The summed E-state index contributed by atoms with van der Waals surface area (Å²) in [6.45, 7) is 0. The van der Waals surface area contributed by atoms with Crippen LogP contribution in [0.3, 0.4) is 0 Å². The molecular weight excluding hydrogens is 288 g/mol. The van der Waals surface area contributed by atoms with Gasteiger partial charge in [0.25, 0.3) is 0 Å². The van der Waals surface area contributed by atoms with E-state index in [1.54, 1.807) is 24.3 Å². The van der Waals surface area contributed by atoms with Gasteiger partial charge >= 0.3 is 0 Å². The van der Waals surface area contributed by atoms with Gasteiger partial charge in [0.2, 0.25) is 11.8 Å². The molecule has 0 aliphatic carbocycles. The third-order valence-electron chi connectivity index (χ3n) is 3.27. The molecule has 5 heteroatoms. The second-order valence-electron chi connectivity index (χ2n) is 4.95. The van der Waals surface area contributed by atoms with E-state index in [0.717, 1.165) is 16.8 Å². The average molecular weight is 301 g/mol. The van der Waals surface area contributed by atoms with Crippen molar-refractivity contribution in [2.75, 3.05) is 10.6 Å². The van der Waals surface area contributed by atoms with Crippen LogP contribution >= 0.6 is 11.6 Å². The first-order valence-corrected chi connectivity index (χ1v) is 6.95. The normalized spacial score (nSPS) is 12.7. The van der Waals surface area contributed by atoms with Crippen LogP contribution < -0.4 is 10.6 Å². The predicted octanol–water partition coefficient (Wildman–Crippen LogP) is 3.02. The summed E-state index contributed by atoms with van der Waals surface area (Å²) in [7, 11) is 0. The molecule has 3 rings (SSSR count). The van der Waals surface area contributed by atoms with Gasteiger partial charge in [-0.05, 0) is 35.4 Å². The minimum absolute atomic E-state index is 0.00877. The maximum atomic E-state index is 12.0. The van der Waals surface area contributed by atoms with Gasteiger partial charge in [0.15, 0.2) is 0 Å². The van der Waals surface area contributed by atoms with Crippen molar-refractivity contribution < 1.29 is 9.59 Å². The summed E-state index contributed by atoms with van der Waals surface area (Å²) >= 11 is 5.88. The first kappa shape index (κ1) is 13.6. The molecule has 0 radical (unpaired) electrons. The smallest absolute Gasteiger partial charge is 0.228 e. The minimum Gasteiger partial charge on any atom is -0.326 e. The number of halogens is 1. The number of rotatable bonds is 3. The molecule has 1 aliphatic heterocycles. The highest BCUT2D eigenvalue weighted by Gasteiger charge is 2.17. The summed E-state index contributed by atoms with van der Waals surface area (Å²) < 4.78 is 0. The van der Waals surface area contributed by atoms with Gasteiger partial charge in [0.1, 0.15) is 0 Å². The highest BCUT2D eigenvalue weighted by molar-refractivity contribution is 6.30. The standard InChI is InChI=1S/C16H13ClN2O2/c17-12-2-1-3-13(9-12)18-15(20)7-10-4-5-14-11(6-10)8-16(21)19-14/h1-6,9H,7-8H2,(H,18,20)(H,19,21). The summed E-state index contributed by atoms with van der Waals surface area (Å²) in [6.07, 6.45) is 0.632. The summed E-state index contributed by atoms with van der Waals surface area (Å²) in [5.74, 6) is -0.125. The third-order valence-corrected chi connectivity index (χ3v) is 3.50. The fourth-order valence-electron chi connectivity index (χ4n) is 2.35. The zero-order valence-electron chi connectivity index (χ0n) is 11.2. The lowest BCUT2D eigenvalue weighted by molar-refractivity contribution is -0.116. The zero-order valence-corrected chi connectivity index (χ0v) is 11.9. The minimum atomic E-state index is -0.116. The number of hydrogen-bond acceptors (Lipinski definition) is 2. The number of nitrogens with one attached hydrogen (secondary N) is 2. The van der Waals surface area contributed by atoms with E-state index in [0.29, 0.717) is 17.1 Å². The van der Waals surface area contributed by atoms with Gasteiger partial charge in [-0.1, -0.05) is 29.8 Å². The number of benzene rings is 2. The van der Waals surface area contributed by atoms with Crippen LogP contribution in [0.1, 0.15) is 11.1 Å². The van der Waals surface area contributed by atoms with Crippen molar-refractivity contribution in [3.05, 3.63) is 58.6 Å². The molecule has 2 aromatic carbocycles. The maximum Gasteiger partial charge on any atom is 0.228 e. The first-order valence-electron chi connectivity index (χ1n) is 6.57. The van der Waals surface area contributed by atoms with Crippen LogP contribution in [0.2, 0.25) is 5.02 Å².